The fraction of sp³-hybridized carbons (Fsp3) is 0.333. The molecule has 0 bridgehead atoms. The maximum atomic E-state index is 12.3. The largest absolute Gasteiger partial charge is 0.384 e. The van der Waals surface area contributed by atoms with Gasteiger partial charge >= 0.3 is 0 Å². The van der Waals surface area contributed by atoms with Gasteiger partial charge < -0.3 is 4.74 Å². The summed E-state index contributed by atoms with van der Waals surface area (Å²) in [7, 11) is 1.66. The predicted octanol–water partition coefficient (Wildman–Crippen LogP) is 3.09. The lowest BCUT2D eigenvalue weighted by molar-refractivity contribution is 0.0921. The van der Waals surface area contributed by atoms with E-state index in [0.717, 1.165) is 16.5 Å². The first-order chi connectivity index (χ1) is 8.72. The molecule has 0 amide bonds. The molecule has 0 aliphatic carbocycles. The summed E-state index contributed by atoms with van der Waals surface area (Å²) in [4.78, 5) is 16.5. The van der Waals surface area contributed by atoms with Crippen molar-refractivity contribution in [3.8, 4) is 0 Å². The molecule has 1 unspecified atom stereocenters. The molecule has 1 aromatic heterocycles. The van der Waals surface area contributed by atoms with E-state index >= 15 is 0 Å². The molecule has 2 aromatic rings. The first-order valence-corrected chi connectivity index (χ1v) is 6.08. The smallest absolute Gasteiger partial charge is 0.163 e. The number of ether oxygens (including phenoxy) is 1. The summed E-state index contributed by atoms with van der Waals surface area (Å²) in [6.07, 6.45) is 2.24. The average Bonchev–Trinajstić information content (AvgIpc) is 2.38. The number of carbonyl (C=O) groups is 1. The van der Waals surface area contributed by atoms with E-state index in [2.05, 4.69) is 4.98 Å². The third-order valence-electron chi connectivity index (χ3n) is 2.93. The minimum atomic E-state index is 0.151. The van der Waals surface area contributed by atoms with Gasteiger partial charge in [0, 0.05) is 37.3 Å². The Kier molecular flexibility index (Phi) is 4.05. The van der Waals surface area contributed by atoms with Gasteiger partial charge in [0.1, 0.15) is 0 Å². The minimum Gasteiger partial charge on any atom is -0.384 e. The van der Waals surface area contributed by atoms with Gasteiger partial charge in [-0.15, -0.1) is 0 Å². The van der Waals surface area contributed by atoms with Crippen molar-refractivity contribution in [1.29, 1.82) is 0 Å². The monoisotopic (exact) mass is 243 g/mol. The number of nitrogens with zero attached hydrogens (tertiary/aromatic N) is 1. The third kappa shape index (κ3) is 2.74. The van der Waals surface area contributed by atoms with Crippen molar-refractivity contribution < 1.29 is 9.53 Å². The molecule has 94 valence electrons. The van der Waals surface area contributed by atoms with Gasteiger partial charge in [-0.05, 0) is 18.1 Å². The average molecular weight is 243 g/mol. The van der Waals surface area contributed by atoms with Crippen LogP contribution in [0.25, 0.3) is 10.9 Å². The molecule has 1 aromatic carbocycles. The molecule has 0 fully saturated rings. The fourth-order valence-corrected chi connectivity index (χ4v) is 2.12. The van der Waals surface area contributed by atoms with Crippen molar-refractivity contribution in [2.45, 2.75) is 13.3 Å². The third-order valence-corrected chi connectivity index (χ3v) is 2.93. The Labute approximate surface area is 107 Å². The molecule has 1 atom stereocenters. The molecule has 3 nitrogen and oxygen atoms in total. The van der Waals surface area contributed by atoms with Gasteiger partial charge in [0.25, 0.3) is 0 Å². The SMILES string of the molecule is COCC(C)CC(=O)c1cccc2ncccc12. The van der Waals surface area contributed by atoms with Crippen molar-refractivity contribution in [3.63, 3.8) is 0 Å². The number of carbonyl (C=O) groups excluding carboxylic acids is 1. The van der Waals surface area contributed by atoms with Crippen LogP contribution >= 0.6 is 0 Å². The normalized spacial score (nSPS) is 12.6. The zero-order valence-corrected chi connectivity index (χ0v) is 10.7. The maximum absolute atomic E-state index is 12.3. The number of pyridine rings is 1. The number of hydrogen-bond donors (Lipinski definition) is 0. The van der Waals surface area contributed by atoms with Gasteiger partial charge in [-0.25, -0.2) is 0 Å². The molecule has 0 aliphatic rings. The van der Waals surface area contributed by atoms with E-state index in [1.807, 2.05) is 37.3 Å². The molecule has 1 heterocycles. The highest BCUT2D eigenvalue weighted by molar-refractivity contribution is 6.07. The highest BCUT2D eigenvalue weighted by Gasteiger charge is 2.13. The Bertz CT molecular complexity index is 546. The van der Waals surface area contributed by atoms with Crippen molar-refractivity contribution in [2.75, 3.05) is 13.7 Å². The van der Waals surface area contributed by atoms with Crippen molar-refractivity contribution in [1.82, 2.24) is 4.98 Å². The predicted molar refractivity (Wildman–Crippen MR) is 71.7 cm³/mol. The number of fused-ring (bicyclic) bond motifs is 1. The van der Waals surface area contributed by atoms with Crippen LogP contribution in [0.15, 0.2) is 36.5 Å². The quantitative estimate of drug-likeness (QED) is 0.757. The second-order valence-corrected chi connectivity index (χ2v) is 4.56. The van der Waals surface area contributed by atoms with E-state index in [9.17, 15) is 4.79 Å². The Balaban J connectivity index is 2.28. The van der Waals surface area contributed by atoms with Crippen molar-refractivity contribution in [2.24, 2.45) is 5.92 Å². The van der Waals surface area contributed by atoms with Gasteiger partial charge in [-0.2, -0.15) is 0 Å². The lowest BCUT2D eigenvalue weighted by atomic mass is 9.97. The van der Waals surface area contributed by atoms with Gasteiger partial charge in [0.05, 0.1) is 5.52 Å². The summed E-state index contributed by atoms with van der Waals surface area (Å²) in [5.41, 5.74) is 1.62. The van der Waals surface area contributed by atoms with Crippen LogP contribution in [0.3, 0.4) is 0 Å². The number of benzene rings is 1. The summed E-state index contributed by atoms with van der Waals surface area (Å²) >= 11 is 0. The van der Waals surface area contributed by atoms with Crippen LogP contribution in [0.1, 0.15) is 23.7 Å². The lowest BCUT2D eigenvalue weighted by Gasteiger charge is -2.10. The molecule has 0 aliphatic heterocycles. The standard InChI is InChI=1S/C15H17NO2/c1-11(10-18-2)9-15(17)13-5-3-7-14-12(13)6-4-8-16-14/h3-8,11H,9-10H2,1-2H3. The second kappa shape index (κ2) is 5.74. The molecule has 0 saturated heterocycles. The summed E-state index contributed by atoms with van der Waals surface area (Å²) in [6.45, 7) is 2.62. The van der Waals surface area contributed by atoms with Crippen LogP contribution in [0, 0.1) is 5.92 Å². The van der Waals surface area contributed by atoms with Crippen LogP contribution in [0.2, 0.25) is 0 Å². The van der Waals surface area contributed by atoms with Crippen LogP contribution in [0.5, 0.6) is 0 Å². The fourth-order valence-electron chi connectivity index (χ4n) is 2.12. The molecule has 0 spiro atoms. The highest BCUT2D eigenvalue weighted by Crippen LogP contribution is 2.19. The van der Waals surface area contributed by atoms with E-state index in [1.165, 1.54) is 0 Å². The molecule has 0 radical (unpaired) electrons. The lowest BCUT2D eigenvalue weighted by Crippen LogP contribution is -2.11. The highest BCUT2D eigenvalue weighted by atomic mass is 16.5. The first-order valence-electron chi connectivity index (χ1n) is 6.08. The topological polar surface area (TPSA) is 39.2 Å². The Morgan fingerprint density at radius 3 is 2.94 bits per heavy atom. The Hall–Kier alpha value is -1.74. The van der Waals surface area contributed by atoms with Crippen LogP contribution in [-0.2, 0) is 4.74 Å². The van der Waals surface area contributed by atoms with E-state index < -0.39 is 0 Å². The minimum absolute atomic E-state index is 0.151. The number of rotatable bonds is 5. The number of ketones is 1. The zero-order valence-electron chi connectivity index (χ0n) is 10.7. The zero-order chi connectivity index (χ0) is 13.0. The molecule has 2 rings (SSSR count). The van der Waals surface area contributed by atoms with Crippen LogP contribution < -0.4 is 0 Å². The van der Waals surface area contributed by atoms with Crippen molar-refractivity contribution >= 4 is 16.7 Å². The van der Waals surface area contributed by atoms with Crippen LogP contribution in [0.4, 0.5) is 0 Å². The van der Waals surface area contributed by atoms with E-state index in [1.54, 1.807) is 13.3 Å². The molecular weight excluding hydrogens is 226 g/mol. The summed E-state index contributed by atoms with van der Waals surface area (Å²) in [5, 5.41) is 0.926. The Morgan fingerprint density at radius 2 is 2.17 bits per heavy atom. The van der Waals surface area contributed by atoms with Gasteiger partial charge in [-0.1, -0.05) is 25.1 Å². The van der Waals surface area contributed by atoms with E-state index in [0.29, 0.717) is 13.0 Å². The molecule has 0 saturated carbocycles. The first kappa shape index (κ1) is 12.7. The molecule has 0 N–H and O–H groups in total. The van der Waals surface area contributed by atoms with Gasteiger partial charge in [0.15, 0.2) is 5.78 Å². The number of Topliss-reactive ketones (excluding diaryl/α,β-unsaturated/α-hetero) is 1. The molecular formula is C15H17NO2. The number of aromatic nitrogens is 1. The van der Waals surface area contributed by atoms with Gasteiger partial charge in [0.2, 0.25) is 0 Å². The molecule has 18 heavy (non-hydrogen) atoms. The maximum Gasteiger partial charge on any atom is 0.163 e. The Morgan fingerprint density at radius 1 is 1.33 bits per heavy atom. The van der Waals surface area contributed by atoms with E-state index in [-0.39, 0.29) is 11.7 Å². The van der Waals surface area contributed by atoms with Crippen molar-refractivity contribution in [3.05, 3.63) is 42.1 Å². The van der Waals surface area contributed by atoms with Crippen LogP contribution in [-0.4, -0.2) is 24.5 Å². The number of hydrogen-bond acceptors (Lipinski definition) is 3. The van der Waals surface area contributed by atoms with E-state index in [4.69, 9.17) is 4.74 Å². The number of methoxy groups -OCH3 is 1. The summed E-state index contributed by atoms with van der Waals surface area (Å²) in [5.74, 6) is 0.382. The second-order valence-electron chi connectivity index (χ2n) is 4.56. The van der Waals surface area contributed by atoms with Gasteiger partial charge in [-0.3, -0.25) is 9.78 Å². The summed E-state index contributed by atoms with van der Waals surface area (Å²) in [6, 6.07) is 9.47. The molecule has 3 heteroatoms. The summed E-state index contributed by atoms with van der Waals surface area (Å²) < 4.78 is 5.06.